The van der Waals surface area contributed by atoms with Crippen LogP contribution in [0.3, 0.4) is 0 Å². The maximum absolute atomic E-state index is 12.8. The van der Waals surface area contributed by atoms with Crippen molar-refractivity contribution in [3.05, 3.63) is 52.0 Å². The van der Waals surface area contributed by atoms with Crippen LogP contribution in [0.25, 0.3) is 0 Å². The normalized spacial score (nSPS) is 14.6. The highest BCUT2D eigenvalue weighted by Crippen LogP contribution is 2.32. The SMILES string of the molecule is Cc1cc(OCC(=O)NC(=S)Nc2ccc(S(=O)(=O)N3CCCCC3)cc2)c(C(C)C)cc1Br. The predicted molar refractivity (Wildman–Crippen MR) is 142 cm³/mol. The number of carbonyl (C=O) groups excluding carboxylic acids is 1. The molecule has 2 aromatic rings. The van der Waals surface area contributed by atoms with Gasteiger partial charge < -0.3 is 10.1 Å². The predicted octanol–water partition coefficient (Wildman–Crippen LogP) is 4.95. The van der Waals surface area contributed by atoms with Crippen molar-refractivity contribution in [3.8, 4) is 5.75 Å². The molecule has 2 N–H and O–H groups in total. The second-order valence-corrected chi connectivity index (χ2v) is 11.8. The number of hydrogen-bond acceptors (Lipinski definition) is 5. The Labute approximate surface area is 215 Å². The van der Waals surface area contributed by atoms with Gasteiger partial charge in [0.1, 0.15) is 5.75 Å². The fourth-order valence-corrected chi connectivity index (χ4v) is 5.79. The molecule has 0 radical (unpaired) electrons. The molecular weight excluding hydrogens is 538 g/mol. The summed E-state index contributed by atoms with van der Waals surface area (Å²) in [6.45, 7) is 7.01. The lowest BCUT2D eigenvalue weighted by Crippen LogP contribution is -2.37. The lowest BCUT2D eigenvalue weighted by atomic mass is 10.0. The minimum Gasteiger partial charge on any atom is -0.483 e. The maximum atomic E-state index is 12.8. The lowest BCUT2D eigenvalue weighted by molar-refractivity contribution is -0.121. The molecule has 2 aromatic carbocycles. The van der Waals surface area contributed by atoms with E-state index in [1.165, 1.54) is 4.31 Å². The van der Waals surface area contributed by atoms with Crippen molar-refractivity contribution in [2.75, 3.05) is 25.0 Å². The molecular formula is C24H30BrN3O4S2. The van der Waals surface area contributed by atoms with Crippen molar-refractivity contribution in [2.45, 2.75) is 50.8 Å². The van der Waals surface area contributed by atoms with Crippen LogP contribution >= 0.6 is 28.1 Å². The van der Waals surface area contributed by atoms with Crippen LogP contribution in [-0.4, -0.2) is 43.4 Å². The Morgan fingerprint density at radius 1 is 1.15 bits per heavy atom. The van der Waals surface area contributed by atoms with E-state index in [1.807, 2.05) is 19.1 Å². The molecule has 0 saturated carbocycles. The van der Waals surface area contributed by atoms with Crippen LogP contribution in [0.1, 0.15) is 50.2 Å². The average Bonchev–Trinajstić information content (AvgIpc) is 2.80. The van der Waals surface area contributed by atoms with Crippen molar-refractivity contribution in [2.24, 2.45) is 0 Å². The molecule has 7 nitrogen and oxygen atoms in total. The van der Waals surface area contributed by atoms with Crippen LogP contribution in [0.2, 0.25) is 0 Å². The molecule has 1 saturated heterocycles. The van der Waals surface area contributed by atoms with Crippen LogP contribution in [0.4, 0.5) is 5.69 Å². The van der Waals surface area contributed by atoms with E-state index in [9.17, 15) is 13.2 Å². The molecule has 3 rings (SSSR count). The van der Waals surface area contributed by atoms with Crippen LogP contribution in [0, 0.1) is 6.92 Å². The number of anilines is 1. The van der Waals surface area contributed by atoms with Crippen LogP contribution in [0.15, 0.2) is 45.8 Å². The number of sulfonamides is 1. The van der Waals surface area contributed by atoms with E-state index in [4.69, 9.17) is 17.0 Å². The fraction of sp³-hybridized carbons (Fsp3) is 0.417. The molecule has 0 unspecified atom stereocenters. The molecule has 10 heteroatoms. The van der Waals surface area contributed by atoms with Gasteiger partial charge in [0.15, 0.2) is 11.7 Å². The van der Waals surface area contributed by atoms with E-state index < -0.39 is 15.9 Å². The summed E-state index contributed by atoms with van der Waals surface area (Å²) in [5.74, 6) is 0.506. The third-order valence-corrected chi connectivity index (χ3v) is 8.56. The smallest absolute Gasteiger partial charge is 0.264 e. The summed E-state index contributed by atoms with van der Waals surface area (Å²) >= 11 is 8.76. The number of nitrogens with zero attached hydrogens (tertiary/aromatic N) is 1. The Morgan fingerprint density at radius 3 is 2.41 bits per heavy atom. The quantitative estimate of drug-likeness (QED) is 0.460. The molecule has 0 aromatic heterocycles. The number of amides is 1. The Hall–Kier alpha value is -2.01. The third kappa shape index (κ3) is 6.78. The molecule has 184 valence electrons. The molecule has 1 heterocycles. The minimum absolute atomic E-state index is 0.108. The zero-order chi connectivity index (χ0) is 24.9. The molecule has 1 aliphatic heterocycles. The number of carbonyl (C=O) groups is 1. The highest BCUT2D eigenvalue weighted by atomic mass is 79.9. The minimum atomic E-state index is -3.49. The number of halogens is 1. The maximum Gasteiger partial charge on any atom is 0.264 e. The summed E-state index contributed by atoms with van der Waals surface area (Å²) < 4.78 is 33.8. The topological polar surface area (TPSA) is 87.7 Å². The zero-order valence-electron chi connectivity index (χ0n) is 19.6. The summed E-state index contributed by atoms with van der Waals surface area (Å²) in [5, 5.41) is 5.60. The van der Waals surface area contributed by atoms with Crippen molar-refractivity contribution >= 4 is 54.9 Å². The molecule has 1 aliphatic rings. The molecule has 1 fully saturated rings. The number of ether oxygens (including phenoxy) is 1. The van der Waals surface area contributed by atoms with Gasteiger partial charge >= 0.3 is 0 Å². The second kappa shape index (κ2) is 11.6. The first-order chi connectivity index (χ1) is 16.1. The summed E-state index contributed by atoms with van der Waals surface area (Å²) in [4.78, 5) is 12.6. The molecule has 0 aliphatic carbocycles. The van der Waals surface area contributed by atoms with Gasteiger partial charge in [0.25, 0.3) is 5.91 Å². The standard InChI is InChI=1S/C24H30BrN3O4S2/c1-16(2)20-14-21(25)17(3)13-22(20)32-15-23(29)27-24(33)26-18-7-9-19(10-8-18)34(30,31)28-11-5-4-6-12-28/h7-10,13-14,16H,4-6,11-12,15H2,1-3H3,(H2,26,27,29,33). The Bertz CT molecular complexity index is 1150. The number of rotatable bonds is 7. The number of nitrogens with one attached hydrogen (secondary N) is 2. The molecule has 0 bridgehead atoms. The van der Waals surface area contributed by atoms with Crippen LogP contribution < -0.4 is 15.4 Å². The van der Waals surface area contributed by atoms with Crippen molar-refractivity contribution in [3.63, 3.8) is 0 Å². The first-order valence-corrected chi connectivity index (χ1v) is 13.9. The monoisotopic (exact) mass is 567 g/mol. The second-order valence-electron chi connectivity index (χ2n) is 8.57. The van der Waals surface area contributed by atoms with Crippen LogP contribution in [-0.2, 0) is 14.8 Å². The first-order valence-electron chi connectivity index (χ1n) is 11.2. The van der Waals surface area contributed by atoms with Gasteiger partial charge in [-0.3, -0.25) is 10.1 Å². The highest BCUT2D eigenvalue weighted by Gasteiger charge is 2.25. The summed E-state index contributed by atoms with van der Waals surface area (Å²) in [6.07, 6.45) is 2.83. The highest BCUT2D eigenvalue weighted by molar-refractivity contribution is 9.10. The third-order valence-electron chi connectivity index (χ3n) is 5.59. The summed E-state index contributed by atoms with van der Waals surface area (Å²) in [5.41, 5.74) is 2.60. The summed E-state index contributed by atoms with van der Waals surface area (Å²) in [6, 6.07) is 10.3. The van der Waals surface area contributed by atoms with Gasteiger partial charge in [-0.15, -0.1) is 0 Å². The zero-order valence-corrected chi connectivity index (χ0v) is 22.8. The van der Waals surface area contributed by atoms with E-state index in [-0.39, 0.29) is 22.5 Å². The van der Waals surface area contributed by atoms with Crippen molar-refractivity contribution in [1.29, 1.82) is 0 Å². The number of piperidine rings is 1. The van der Waals surface area contributed by atoms with E-state index in [0.29, 0.717) is 24.5 Å². The van der Waals surface area contributed by atoms with E-state index >= 15 is 0 Å². The van der Waals surface area contributed by atoms with Gasteiger partial charge in [-0.2, -0.15) is 4.31 Å². The van der Waals surface area contributed by atoms with Gasteiger partial charge in [0.2, 0.25) is 10.0 Å². The Balaban J connectivity index is 1.55. The number of thiocarbonyl (C=S) groups is 1. The van der Waals surface area contributed by atoms with Gasteiger partial charge in [-0.1, -0.05) is 36.2 Å². The Morgan fingerprint density at radius 2 is 1.79 bits per heavy atom. The number of hydrogen-bond donors (Lipinski definition) is 2. The van der Waals surface area contributed by atoms with Crippen LogP contribution in [0.5, 0.6) is 5.75 Å². The van der Waals surface area contributed by atoms with Crippen molar-refractivity contribution in [1.82, 2.24) is 9.62 Å². The first kappa shape index (κ1) is 26.6. The van der Waals surface area contributed by atoms with Gasteiger partial charge in [-0.05, 0) is 85.4 Å². The van der Waals surface area contributed by atoms with Gasteiger partial charge in [0.05, 0.1) is 4.90 Å². The number of benzene rings is 2. The largest absolute Gasteiger partial charge is 0.483 e. The molecule has 0 atom stereocenters. The molecule has 34 heavy (non-hydrogen) atoms. The van der Waals surface area contributed by atoms with E-state index in [0.717, 1.165) is 34.9 Å². The fourth-order valence-electron chi connectivity index (χ4n) is 3.68. The lowest BCUT2D eigenvalue weighted by Gasteiger charge is -2.25. The van der Waals surface area contributed by atoms with Gasteiger partial charge in [0, 0.05) is 23.2 Å². The number of aryl methyl sites for hydroxylation is 1. The van der Waals surface area contributed by atoms with Crippen molar-refractivity contribution < 1.29 is 17.9 Å². The molecule has 0 spiro atoms. The summed E-state index contributed by atoms with van der Waals surface area (Å²) in [7, 11) is -3.49. The Kier molecular flexibility index (Phi) is 9.08. The average molecular weight is 569 g/mol. The van der Waals surface area contributed by atoms with E-state index in [2.05, 4.69) is 40.4 Å². The molecule has 1 amide bonds. The van der Waals surface area contributed by atoms with Gasteiger partial charge in [-0.25, -0.2) is 8.42 Å². The van der Waals surface area contributed by atoms with E-state index in [1.54, 1.807) is 24.3 Å².